The molecule has 1 aromatic rings. The molecule has 0 radical (unpaired) electrons. The third-order valence-electron chi connectivity index (χ3n) is 3.23. The zero-order valence-corrected chi connectivity index (χ0v) is 12.8. The van der Waals surface area contributed by atoms with Crippen LogP contribution < -0.4 is 5.32 Å². The molecular formula is C15H23ClFNO. The molecule has 0 fully saturated rings. The molecule has 0 bridgehead atoms. The number of hydrogen-bond donors (Lipinski definition) is 1. The highest BCUT2D eigenvalue weighted by molar-refractivity contribution is 6.30. The van der Waals surface area contributed by atoms with Crippen molar-refractivity contribution >= 4 is 11.6 Å². The average molecular weight is 288 g/mol. The van der Waals surface area contributed by atoms with Gasteiger partial charge in [0.1, 0.15) is 5.82 Å². The van der Waals surface area contributed by atoms with Gasteiger partial charge in [-0.25, -0.2) is 4.39 Å². The van der Waals surface area contributed by atoms with Crippen molar-refractivity contribution < 1.29 is 9.13 Å². The fraction of sp³-hybridized carbons (Fsp3) is 0.600. The van der Waals surface area contributed by atoms with Crippen LogP contribution in [0.3, 0.4) is 0 Å². The zero-order chi connectivity index (χ0) is 14.4. The molecule has 2 nitrogen and oxygen atoms in total. The fourth-order valence-electron chi connectivity index (χ4n) is 2.39. The van der Waals surface area contributed by atoms with E-state index in [9.17, 15) is 4.39 Å². The molecule has 1 aromatic carbocycles. The summed E-state index contributed by atoms with van der Waals surface area (Å²) < 4.78 is 19.0. The smallest absolute Gasteiger partial charge is 0.142 e. The Hall–Kier alpha value is -0.640. The lowest BCUT2D eigenvalue weighted by Gasteiger charge is -2.30. The second-order valence-corrected chi connectivity index (χ2v) is 5.47. The number of halogens is 2. The van der Waals surface area contributed by atoms with Crippen LogP contribution in [0.15, 0.2) is 18.2 Å². The van der Waals surface area contributed by atoms with E-state index >= 15 is 0 Å². The number of nitrogens with one attached hydrogen (secondary N) is 1. The summed E-state index contributed by atoms with van der Waals surface area (Å²) in [4.78, 5) is 0. The van der Waals surface area contributed by atoms with Crippen molar-refractivity contribution in [1.29, 1.82) is 0 Å². The van der Waals surface area contributed by atoms with Crippen LogP contribution in [-0.4, -0.2) is 25.8 Å². The van der Waals surface area contributed by atoms with E-state index in [1.807, 2.05) is 6.07 Å². The minimum absolute atomic E-state index is 0.0960. The van der Waals surface area contributed by atoms with Crippen molar-refractivity contribution in [3.63, 3.8) is 0 Å². The fourth-order valence-corrected chi connectivity index (χ4v) is 2.51. The molecule has 2 atom stereocenters. The molecule has 0 spiro atoms. The van der Waals surface area contributed by atoms with Gasteiger partial charge in [0.25, 0.3) is 0 Å². The van der Waals surface area contributed by atoms with Gasteiger partial charge in [0.05, 0.1) is 11.1 Å². The minimum atomic E-state index is -0.368. The number of methoxy groups -OCH3 is 1. The van der Waals surface area contributed by atoms with Gasteiger partial charge in [-0.05, 0) is 36.6 Å². The van der Waals surface area contributed by atoms with E-state index in [1.165, 1.54) is 6.07 Å². The van der Waals surface area contributed by atoms with Gasteiger partial charge in [0.2, 0.25) is 0 Å². The number of ether oxygens (including phenoxy) is 1. The van der Waals surface area contributed by atoms with Crippen molar-refractivity contribution in [3.8, 4) is 0 Å². The van der Waals surface area contributed by atoms with Crippen LogP contribution in [0, 0.1) is 11.7 Å². The van der Waals surface area contributed by atoms with Crippen LogP contribution in [0.4, 0.5) is 4.39 Å². The predicted molar refractivity (Wildman–Crippen MR) is 78.2 cm³/mol. The van der Waals surface area contributed by atoms with Crippen LogP contribution in [0.5, 0.6) is 0 Å². The summed E-state index contributed by atoms with van der Waals surface area (Å²) in [6.07, 6.45) is 0.817. The molecular weight excluding hydrogens is 265 g/mol. The summed E-state index contributed by atoms with van der Waals surface area (Å²) in [7, 11) is 1.72. The number of likely N-dealkylation sites (N-methyl/N-ethyl adjacent to an activating group) is 1. The van der Waals surface area contributed by atoms with E-state index in [4.69, 9.17) is 16.3 Å². The summed E-state index contributed by atoms with van der Waals surface area (Å²) in [6.45, 7) is 7.16. The highest BCUT2D eigenvalue weighted by Crippen LogP contribution is 2.19. The van der Waals surface area contributed by atoms with Gasteiger partial charge < -0.3 is 10.1 Å². The van der Waals surface area contributed by atoms with Crippen molar-refractivity contribution in [2.24, 2.45) is 5.92 Å². The zero-order valence-electron chi connectivity index (χ0n) is 12.0. The molecule has 0 aliphatic rings. The lowest BCUT2D eigenvalue weighted by Crippen LogP contribution is -2.45. The molecule has 0 saturated carbocycles. The van der Waals surface area contributed by atoms with Gasteiger partial charge >= 0.3 is 0 Å². The molecule has 0 amide bonds. The lowest BCUT2D eigenvalue weighted by atomic mass is 9.94. The van der Waals surface area contributed by atoms with E-state index in [0.29, 0.717) is 5.92 Å². The van der Waals surface area contributed by atoms with Gasteiger partial charge in [0.15, 0.2) is 0 Å². The first-order valence-corrected chi connectivity index (χ1v) is 7.07. The van der Waals surface area contributed by atoms with Crippen LogP contribution in [-0.2, 0) is 11.2 Å². The van der Waals surface area contributed by atoms with Gasteiger partial charge in [-0.1, -0.05) is 38.4 Å². The first-order valence-electron chi connectivity index (χ1n) is 6.69. The predicted octanol–water partition coefficient (Wildman–Crippen LogP) is 3.67. The van der Waals surface area contributed by atoms with Crippen molar-refractivity contribution in [3.05, 3.63) is 34.6 Å². The quantitative estimate of drug-likeness (QED) is 0.826. The van der Waals surface area contributed by atoms with Crippen LogP contribution in [0.25, 0.3) is 0 Å². The van der Waals surface area contributed by atoms with E-state index in [-0.39, 0.29) is 23.0 Å². The third-order valence-corrected chi connectivity index (χ3v) is 3.54. The van der Waals surface area contributed by atoms with E-state index in [1.54, 1.807) is 13.2 Å². The highest BCUT2D eigenvalue weighted by Gasteiger charge is 2.24. The van der Waals surface area contributed by atoms with E-state index < -0.39 is 0 Å². The molecule has 108 valence electrons. The Labute approximate surface area is 120 Å². The largest absolute Gasteiger partial charge is 0.380 e. The van der Waals surface area contributed by atoms with E-state index in [0.717, 1.165) is 18.5 Å². The number of rotatable bonds is 7. The maximum absolute atomic E-state index is 13.5. The SMILES string of the molecule is CCNC(Cc1ccc(Cl)c(F)c1)C(OC)C(C)C. The molecule has 0 saturated heterocycles. The van der Waals surface area contributed by atoms with E-state index in [2.05, 4.69) is 26.1 Å². The first kappa shape index (κ1) is 16.4. The van der Waals surface area contributed by atoms with Gasteiger partial charge in [-0.2, -0.15) is 0 Å². The molecule has 19 heavy (non-hydrogen) atoms. The summed E-state index contributed by atoms with van der Waals surface area (Å²) in [5.41, 5.74) is 0.926. The Morgan fingerprint density at radius 1 is 1.37 bits per heavy atom. The summed E-state index contributed by atoms with van der Waals surface area (Å²) >= 11 is 5.70. The Balaban J connectivity index is 2.85. The van der Waals surface area contributed by atoms with Crippen molar-refractivity contribution in [2.45, 2.75) is 39.3 Å². The van der Waals surface area contributed by atoms with Crippen LogP contribution in [0.2, 0.25) is 5.02 Å². The van der Waals surface area contributed by atoms with Crippen molar-refractivity contribution in [2.75, 3.05) is 13.7 Å². The second kappa shape index (κ2) is 7.83. The molecule has 0 aliphatic carbocycles. The van der Waals surface area contributed by atoms with Gasteiger partial charge in [-0.15, -0.1) is 0 Å². The number of hydrogen-bond acceptors (Lipinski definition) is 2. The Morgan fingerprint density at radius 2 is 2.05 bits per heavy atom. The molecule has 0 aromatic heterocycles. The lowest BCUT2D eigenvalue weighted by molar-refractivity contribution is 0.0337. The molecule has 0 heterocycles. The summed E-state index contributed by atoms with van der Waals surface area (Å²) in [5, 5.41) is 3.58. The maximum Gasteiger partial charge on any atom is 0.142 e. The standard InChI is InChI=1S/C15H23ClFNO/c1-5-18-14(15(19-4)10(2)3)9-11-6-7-12(16)13(17)8-11/h6-8,10,14-15,18H,5,9H2,1-4H3. The molecule has 4 heteroatoms. The molecule has 1 N–H and O–H groups in total. The van der Waals surface area contributed by atoms with Gasteiger partial charge in [-0.3, -0.25) is 0 Å². The minimum Gasteiger partial charge on any atom is -0.380 e. The monoisotopic (exact) mass is 287 g/mol. The molecule has 0 aliphatic heterocycles. The van der Waals surface area contributed by atoms with Crippen molar-refractivity contribution in [1.82, 2.24) is 5.32 Å². The molecule has 2 unspecified atom stereocenters. The number of benzene rings is 1. The normalized spacial score (nSPS) is 14.7. The molecule has 1 rings (SSSR count). The average Bonchev–Trinajstić information content (AvgIpc) is 2.34. The Bertz CT molecular complexity index is 398. The topological polar surface area (TPSA) is 21.3 Å². The van der Waals surface area contributed by atoms with Crippen LogP contribution >= 0.6 is 11.6 Å². The summed E-state index contributed by atoms with van der Waals surface area (Å²) in [6, 6.07) is 5.13. The second-order valence-electron chi connectivity index (χ2n) is 5.06. The first-order chi connectivity index (χ1) is 8.99. The Kier molecular flexibility index (Phi) is 6.76. The Morgan fingerprint density at radius 3 is 2.53 bits per heavy atom. The summed E-state index contributed by atoms with van der Waals surface area (Å²) in [5.74, 6) is 0.0270. The third kappa shape index (κ3) is 4.75. The highest BCUT2D eigenvalue weighted by atomic mass is 35.5. The van der Waals surface area contributed by atoms with Crippen LogP contribution in [0.1, 0.15) is 26.3 Å². The maximum atomic E-state index is 13.5. The van der Waals surface area contributed by atoms with Gasteiger partial charge in [0, 0.05) is 13.2 Å².